The van der Waals surface area contributed by atoms with Crippen LogP contribution in [0.3, 0.4) is 0 Å². The Balaban J connectivity index is 1.84. The number of pyridine rings is 1. The third-order valence-electron chi connectivity index (χ3n) is 6.06. The lowest BCUT2D eigenvalue weighted by atomic mass is 10.0. The molecule has 0 aliphatic rings. The molecule has 1 N–H and O–H groups in total. The Hall–Kier alpha value is -2.66. The molecule has 0 aliphatic carbocycles. The van der Waals surface area contributed by atoms with E-state index >= 15 is 0 Å². The molecule has 0 spiro atoms. The van der Waals surface area contributed by atoms with Gasteiger partial charge < -0.3 is 9.88 Å². The summed E-state index contributed by atoms with van der Waals surface area (Å²) in [6.45, 7) is 8.58. The van der Waals surface area contributed by atoms with E-state index in [0.717, 1.165) is 54.7 Å². The molecule has 2 aromatic carbocycles. The molecular formula is C27H31BrN2O2. The Kier molecular flexibility index (Phi) is 8.08. The molecule has 0 saturated carbocycles. The number of aromatic nitrogens is 1. The molecule has 0 fully saturated rings. The molecular weight excluding hydrogens is 464 g/mol. The number of anilines is 1. The van der Waals surface area contributed by atoms with Gasteiger partial charge in [0.25, 0.3) is 5.91 Å². The van der Waals surface area contributed by atoms with Gasteiger partial charge in [-0.3, -0.25) is 9.59 Å². The molecule has 1 heterocycles. The molecule has 1 aromatic heterocycles. The maximum absolute atomic E-state index is 13.3. The number of nitrogens with one attached hydrogen (secondary N) is 1. The van der Waals surface area contributed by atoms with Crippen molar-refractivity contribution in [1.29, 1.82) is 0 Å². The zero-order valence-corrected chi connectivity index (χ0v) is 20.9. The van der Waals surface area contributed by atoms with Crippen LogP contribution < -0.4 is 10.7 Å². The minimum absolute atomic E-state index is 0.204. The third kappa shape index (κ3) is 5.21. The predicted molar refractivity (Wildman–Crippen MR) is 136 cm³/mol. The van der Waals surface area contributed by atoms with Crippen LogP contribution in [-0.2, 0) is 19.4 Å². The van der Waals surface area contributed by atoms with Crippen molar-refractivity contribution in [3.63, 3.8) is 0 Å². The summed E-state index contributed by atoms with van der Waals surface area (Å²) in [5, 5.41) is 3.02. The van der Waals surface area contributed by atoms with Crippen LogP contribution in [0.4, 0.5) is 5.69 Å². The van der Waals surface area contributed by atoms with Crippen LogP contribution in [0.2, 0.25) is 0 Å². The minimum atomic E-state index is -0.352. The monoisotopic (exact) mass is 494 g/mol. The van der Waals surface area contributed by atoms with Crippen LogP contribution in [0.25, 0.3) is 0 Å². The van der Waals surface area contributed by atoms with E-state index in [-0.39, 0.29) is 16.9 Å². The van der Waals surface area contributed by atoms with Crippen molar-refractivity contribution in [2.75, 3.05) is 5.32 Å². The number of rotatable bonds is 8. The molecule has 4 nitrogen and oxygen atoms in total. The van der Waals surface area contributed by atoms with Crippen LogP contribution in [0.5, 0.6) is 0 Å². The first-order valence-corrected chi connectivity index (χ1v) is 12.0. The van der Waals surface area contributed by atoms with Gasteiger partial charge in [-0.15, -0.1) is 0 Å². The van der Waals surface area contributed by atoms with Gasteiger partial charge in [0, 0.05) is 23.6 Å². The van der Waals surface area contributed by atoms with E-state index in [1.807, 2.05) is 45.0 Å². The molecule has 0 unspecified atom stereocenters. The fourth-order valence-corrected chi connectivity index (χ4v) is 4.58. The summed E-state index contributed by atoms with van der Waals surface area (Å²) in [6, 6.07) is 16.4. The Bertz CT molecular complexity index is 1170. The summed E-state index contributed by atoms with van der Waals surface area (Å²) in [4.78, 5) is 26.3. The molecule has 32 heavy (non-hydrogen) atoms. The van der Waals surface area contributed by atoms with Gasteiger partial charge >= 0.3 is 0 Å². The smallest absolute Gasteiger partial charge is 0.261 e. The second-order valence-electron chi connectivity index (χ2n) is 8.20. The van der Waals surface area contributed by atoms with E-state index in [0.29, 0.717) is 10.2 Å². The van der Waals surface area contributed by atoms with Gasteiger partial charge in [-0.1, -0.05) is 55.5 Å². The first-order valence-electron chi connectivity index (χ1n) is 11.2. The summed E-state index contributed by atoms with van der Waals surface area (Å²) in [5.41, 5.74) is 5.68. The molecule has 168 valence electrons. The summed E-state index contributed by atoms with van der Waals surface area (Å²) in [5.74, 6) is -0.352. The maximum Gasteiger partial charge on any atom is 0.261 e. The Morgan fingerprint density at radius 1 is 0.969 bits per heavy atom. The van der Waals surface area contributed by atoms with Gasteiger partial charge in [0.1, 0.15) is 5.56 Å². The zero-order chi connectivity index (χ0) is 23.3. The van der Waals surface area contributed by atoms with Crippen molar-refractivity contribution in [3.05, 3.63) is 96.9 Å². The molecule has 5 heteroatoms. The van der Waals surface area contributed by atoms with Gasteiger partial charge in [0.2, 0.25) is 5.43 Å². The number of hydrogen-bond acceptors (Lipinski definition) is 2. The fraction of sp³-hybridized carbons (Fsp3) is 0.333. The van der Waals surface area contributed by atoms with Gasteiger partial charge in [-0.05, 0) is 79.1 Å². The second-order valence-corrected chi connectivity index (χ2v) is 8.99. The number of carbonyl (C=O) groups excluding carboxylic acids is 1. The van der Waals surface area contributed by atoms with Crippen LogP contribution in [0.15, 0.2) is 57.8 Å². The average Bonchev–Trinajstić information content (AvgIpc) is 2.79. The number of para-hydroxylation sites is 1. The molecule has 0 aliphatic heterocycles. The number of aryl methyl sites for hydroxylation is 3. The van der Waals surface area contributed by atoms with E-state index in [4.69, 9.17) is 0 Å². The van der Waals surface area contributed by atoms with Crippen molar-refractivity contribution < 1.29 is 4.79 Å². The normalized spacial score (nSPS) is 10.9. The molecule has 3 aromatic rings. The first kappa shape index (κ1) is 24.0. The van der Waals surface area contributed by atoms with E-state index in [1.54, 1.807) is 0 Å². The van der Waals surface area contributed by atoms with Gasteiger partial charge in [0.15, 0.2) is 0 Å². The van der Waals surface area contributed by atoms with Crippen molar-refractivity contribution in [2.45, 2.75) is 59.9 Å². The third-order valence-corrected chi connectivity index (χ3v) is 7.00. The SMILES string of the molecule is CCc1cccc(C)c1NC(=O)c1c(C)n(CCCCc2ccccc2)c(C)c(Br)c1=O. The molecule has 0 radical (unpaired) electrons. The number of unbranched alkanes of at least 4 members (excludes halogenated alkanes) is 1. The van der Waals surface area contributed by atoms with Crippen LogP contribution in [0, 0.1) is 20.8 Å². The molecule has 3 rings (SSSR count). The number of halogens is 1. The van der Waals surface area contributed by atoms with E-state index < -0.39 is 0 Å². The van der Waals surface area contributed by atoms with Gasteiger partial charge in [-0.25, -0.2) is 0 Å². The van der Waals surface area contributed by atoms with Crippen molar-refractivity contribution in [1.82, 2.24) is 4.57 Å². The Labute approximate surface area is 198 Å². The van der Waals surface area contributed by atoms with Gasteiger partial charge in [-0.2, -0.15) is 0 Å². The highest BCUT2D eigenvalue weighted by Crippen LogP contribution is 2.23. The van der Waals surface area contributed by atoms with Crippen LogP contribution in [0.1, 0.15) is 58.2 Å². The lowest BCUT2D eigenvalue weighted by molar-refractivity contribution is 0.102. The summed E-state index contributed by atoms with van der Waals surface area (Å²) < 4.78 is 2.54. The minimum Gasteiger partial charge on any atom is -0.347 e. The largest absolute Gasteiger partial charge is 0.347 e. The summed E-state index contributed by atoms with van der Waals surface area (Å²) in [7, 11) is 0. The highest BCUT2D eigenvalue weighted by Gasteiger charge is 2.22. The molecule has 1 amide bonds. The first-order chi connectivity index (χ1) is 15.3. The lowest BCUT2D eigenvalue weighted by Gasteiger charge is -2.20. The number of carbonyl (C=O) groups is 1. The van der Waals surface area contributed by atoms with Crippen molar-refractivity contribution >= 4 is 27.5 Å². The lowest BCUT2D eigenvalue weighted by Crippen LogP contribution is -2.29. The number of hydrogen-bond donors (Lipinski definition) is 1. The topological polar surface area (TPSA) is 51.1 Å². The molecule has 0 bridgehead atoms. The Morgan fingerprint density at radius 3 is 2.38 bits per heavy atom. The number of nitrogens with zero attached hydrogens (tertiary/aromatic N) is 1. The quantitative estimate of drug-likeness (QED) is 0.369. The fourth-order valence-electron chi connectivity index (χ4n) is 4.17. The predicted octanol–water partition coefficient (Wildman–Crippen LogP) is 6.37. The van der Waals surface area contributed by atoms with Crippen molar-refractivity contribution in [2.24, 2.45) is 0 Å². The molecule has 0 saturated heterocycles. The van der Waals surface area contributed by atoms with Gasteiger partial charge in [0.05, 0.1) is 4.47 Å². The highest BCUT2D eigenvalue weighted by atomic mass is 79.9. The second kappa shape index (κ2) is 10.8. The number of amides is 1. The number of benzene rings is 2. The van der Waals surface area contributed by atoms with Crippen molar-refractivity contribution in [3.8, 4) is 0 Å². The maximum atomic E-state index is 13.3. The zero-order valence-electron chi connectivity index (χ0n) is 19.3. The average molecular weight is 495 g/mol. The van der Waals surface area contributed by atoms with E-state index in [1.165, 1.54) is 5.56 Å². The van der Waals surface area contributed by atoms with Crippen LogP contribution in [-0.4, -0.2) is 10.5 Å². The summed E-state index contributed by atoms with van der Waals surface area (Å²) >= 11 is 3.44. The standard InChI is InChI=1S/C27H31BrN2O2/c1-5-22-16-11-12-18(2)25(22)29-27(32)23-19(3)30(20(4)24(28)26(23)31)17-10-9-15-21-13-7-6-8-14-21/h6-8,11-14,16H,5,9-10,15,17H2,1-4H3,(H,29,32). The van der Waals surface area contributed by atoms with E-state index in [2.05, 4.69) is 57.0 Å². The highest BCUT2D eigenvalue weighted by molar-refractivity contribution is 9.10. The Morgan fingerprint density at radius 2 is 1.69 bits per heavy atom. The molecule has 0 atom stereocenters. The van der Waals surface area contributed by atoms with Crippen LogP contribution >= 0.6 is 15.9 Å². The van der Waals surface area contributed by atoms with E-state index in [9.17, 15) is 9.59 Å². The summed E-state index contributed by atoms with van der Waals surface area (Å²) in [6.07, 6.45) is 3.82.